The van der Waals surface area contributed by atoms with Gasteiger partial charge in [0, 0.05) is 34.7 Å². The van der Waals surface area contributed by atoms with Gasteiger partial charge in [0.15, 0.2) is 0 Å². The number of likely N-dealkylation sites (tertiary alicyclic amines) is 1. The zero-order chi connectivity index (χ0) is 23.3. The Hall–Kier alpha value is -2.09. The standard InChI is InChI=1S/C21H23Cl2N2O6P/c22-17-9-15(10-18(23)11-17)12-31-21(27)25-7-5-16(6-8-25)20(26)24-19-3-1-14(2-4-19)13-32(28,29)30/h1-4,9-11,16H,5-8,12-13H2,(H,24,26)(H2,28,29,30). The zero-order valence-electron chi connectivity index (χ0n) is 17.0. The van der Waals surface area contributed by atoms with Crippen molar-refractivity contribution >= 4 is 48.5 Å². The summed E-state index contributed by atoms with van der Waals surface area (Å²) in [7, 11) is -4.14. The molecule has 1 aliphatic rings. The topological polar surface area (TPSA) is 116 Å². The molecule has 2 aromatic rings. The SMILES string of the molecule is O=C(Nc1ccc(CP(=O)(O)O)cc1)C1CCN(C(=O)OCc2cc(Cl)cc(Cl)c2)CC1. The minimum absolute atomic E-state index is 0.0531. The predicted octanol–water partition coefficient (Wildman–Crippen LogP) is 4.66. The molecule has 172 valence electrons. The maximum atomic E-state index is 12.5. The van der Waals surface area contributed by atoms with E-state index in [1.54, 1.807) is 47.4 Å². The number of hydrogen-bond acceptors (Lipinski definition) is 4. The highest BCUT2D eigenvalue weighted by atomic mass is 35.5. The summed E-state index contributed by atoms with van der Waals surface area (Å²) in [5, 5.41) is 3.74. The molecule has 32 heavy (non-hydrogen) atoms. The third kappa shape index (κ3) is 7.50. The Labute approximate surface area is 195 Å². The molecule has 2 aromatic carbocycles. The van der Waals surface area contributed by atoms with Crippen LogP contribution in [0.25, 0.3) is 0 Å². The molecule has 2 amide bonds. The van der Waals surface area contributed by atoms with Crippen LogP contribution >= 0.6 is 30.8 Å². The molecule has 1 aliphatic heterocycles. The highest BCUT2D eigenvalue weighted by molar-refractivity contribution is 7.50. The Morgan fingerprint density at radius 1 is 1.03 bits per heavy atom. The largest absolute Gasteiger partial charge is 0.445 e. The van der Waals surface area contributed by atoms with Gasteiger partial charge in [-0.15, -0.1) is 0 Å². The van der Waals surface area contributed by atoms with Gasteiger partial charge < -0.3 is 24.7 Å². The van der Waals surface area contributed by atoms with E-state index >= 15 is 0 Å². The molecule has 0 spiro atoms. The van der Waals surface area contributed by atoms with E-state index < -0.39 is 13.7 Å². The molecule has 0 bridgehead atoms. The maximum Gasteiger partial charge on any atom is 0.410 e. The molecule has 1 saturated heterocycles. The summed E-state index contributed by atoms with van der Waals surface area (Å²) in [6.07, 6.45) is 0.196. The third-order valence-electron chi connectivity index (χ3n) is 5.02. The van der Waals surface area contributed by atoms with Crippen molar-refractivity contribution in [2.24, 2.45) is 5.92 Å². The average molecular weight is 501 g/mol. The second kappa shape index (κ2) is 10.7. The first kappa shape index (κ1) is 24.6. The molecular weight excluding hydrogens is 478 g/mol. The number of rotatable bonds is 6. The van der Waals surface area contributed by atoms with Crippen LogP contribution in [0, 0.1) is 5.92 Å². The summed E-state index contributed by atoms with van der Waals surface area (Å²) in [6.45, 7) is 0.848. The number of anilines is 1. The number of carbonyl (C=O) groups excluding carboxylic acids is 2. The summed E-state index contributed by atoms with van der Waals surface area (Å²) >= 11 is 11.9. The first-order chi connectivity index (χ1) is 15.1. The van der Waals surface area contributed by atoms with E-state index in [-0.39, 0.29) is 24.6 Å². The molecule has 8 nitrogen and oxygen atoms in total. The fraction of sp³-hybridized carbons (Fsp3) is 0.333. The molecule has 0 aromatic heterocycles. The first-order valence-electron chi connectivity index (χ1n) is 9.90. The number of benzene rings is 2. The van der Waals surface area contributed by atoms with Gasteiger partial charge in [-0.2, -0.15) is 0 Å². The van der Waals surface area contributed by atoms with Crippen LogP contribution in [0.15, 0.2) is 42.5 Å². The van der Waals surface area contributed by atoms with Gasteiger partial charge in [0.05, 0.1) is 6.16 Å². The Balaban J connectivity index is 1.44. The molecule has 3 N–H and O–H groups in total. The molecular formula is C21H23Cl2N2O6P. The smallest absolute Gasteiger partial charge is 0.410 e. The summed E-state index contributed by atoms with van der Waals surface area (Å²) in [5.74, 6) is -0.408. The van der Waals surface area contributed by atoms with Gasteiger partial charge in [-0.1, -0.05) is 35.3 Å². The second-order valence-corrected chi connectivity index (χ2v) is 10.1. The number of ether oxygens (including phenoxy) is 1. The number of piperidine rings is 1. The van der Waals surface area contributed by atoms with Crippen LogP contribution in [0.3, 0.4) is 0 Å². The molecule has 0 radical (unpaired) electrons. The number of halogens is 2. The minimum atomic E-state index is -4.14. The van der Waals surface area contributed by atoms with E-state index in [1.165, 1.54) is 0 Å². The lowest BCUT2D eigenvalue weighted by molar-refractivity contribution is -0.121. The number of nitrogens with zero attached hydrogens (tertiary/aromatic N) is 1. The van der Waals surface area contributed by atoms with Gasteiger partial charge in [0.2, 0.25) is 5.91 Å². The Bertz CT molecular complexity index is 999. The summed E-state index contributed by atoms with van der Waals surface area (Å²) in [5.41, 5.74) is 1.73. The van der Waals surface area contributed by atoms with Crippen LogP contribution in [0.5, 0.6) is 0 Å². The lowest BCUT2D eigenvalue weighted by Crippen LogP contribution is -2.41. The van der Waals surface area contributed by atoms with E-state index in [2.05, 4.69) is 5.32 Å². The van der Waals surface area contributed by atoms with Crippen molar-refractivity contribution < 1.29 is 28.7 Å². The monoisotopic (exact) mass is 500 g/mol. The summed E-state index contributed by atoms with van der Waals surface area (Å²) < 4.78 is 16.4. The molecule has 1 heterocycles. The zero-order valence-corrected chi connectivity index (χ0v) is 19.4. The van der Waals surface area contributed by atoms with E-state index in [0.717, 1.165) is 0 Å². The number of nitrogens with one attached hydrogen (secondary N) is 1. The highest BCUT2D eigenvalue weighted by Crippen LogP contribution is 2.39. The molecule has 11 heteroatoms. The Morgan fingerprint density at radius 2 is 1.62 bits per heavy atom. The van der Waals surface area contributed by atoms with Crippen molar-refractivity contribution in [3.05, 3.63) is 63.6 Å². The average Bonchev–Trinajstić information content (AvgIpc) is 2.72. The fourth-order valence-corrected chi connectivity index (χ4v) is 4.69. The van der Waals surface area contributed by atoms with Crippen molar-refractivity contribution in [3.8, 4) is 0 Å². The lowest BCUT2D eigenvalue weighted by atomic mass is 9.96. The number of hydrogen-bond donors (Lipinski definition) is 3. The van der Waals surface area contributed by atoms with E-state index in [1.807, 2.05) is 0 Å². The number of carbonyl (C=O) groups is 2. The van der Waals surface area contributed by atoms with Gasteiger partial charge in [-0.05, 0) is 54.3 Å². The number of amides is 2. The molecule has 0 unspecified atom stereocenters. The Kier molecular flexibility index (Phi) is 8.20. The van der Waals surface area contributed by atoms with Crippen molar-refractivity contribution in [1.29, 1.82) is 0 Å². The van der Waals surface area contributed by atoms with E-state index in [0.29, 0.717) is 52.8 Å². The molecule has 0 atom stereocenters. The van der Waals surface area contributed by atoms with Crippen molar-refractivity contribution in [2.45, 2.75) is 25.6 Å². The third-order valence-corrected chi connectivity index (χ3v) is 6.23. The van der Waals surface area contributed by atoms with Crippen molar-refractivity contribution in [3.63, 3.8) is 0 Å². The Morgan fingerprint density at radius 3 is 2.19 bits per heavy atom. The molecule has 0 aliphatic carbocycles. The highest BCUT2D eigenvalue weighted by Gasteiger charge is 2.28. The van der Waals surface area contributed by atoms with Crippen molar-refractivity contribution in [1.82, 2.24) is 4.90 Å². The predicted molar refractivity (Wildman–Crippen MR) is 122 cm³/mol. The van der Waals surface area contributed by atoms with Crippen LogP contribution in [-0.4, -0.2) is 39.8 Å². The quantitative estimate of drug-likeness (QED) is 0.496. The second-order valence-electron chi connectivity index (χ2n) is 7.60. The normalized spacial score (nSPS) is 14.8. The van der Waals surface area contributed by atoms with Crippen LogP contribution in [0.2, 0.25) is 10.0 Å². The summed E-state index contributed by atoms with van der Waals surface area (Å²) in [4.78, 5) is 44.5. The van der Waals surface area contributed by atoms with Gasteiger partial charge >= 0.3 is 13.7 Å². The minimum Gasteiger partial charge on any atom is -0.445 e. The van der Waals surface area contributed by atoms with Gasteiger partial charge in [0.25, 0.3) is 0 Å². The van der Waals surface area contributed by atoms with E-state index in [9.17, 15) is 14.2 Å². The fourth-order valence-electron chi connectivity index (χ4n) is 3.43. The molecule has 0 saturated carbocycles. The summed E-state index contributed by atoms with van der Waals surface area (Å²) in [6, 6.07) is 11.3. The maximum absolute atomic E-state index is 12.5. The van der Waals surface area contributed by atoms with Crippen LogP contribution in [0.4, 0.5) is 10.5 Å². The van der Waals surface area contributed by atoms with E-state index in [4.69, 9.17) is 37.7 Å². The van der Waals surface area contributed by atoms with Crippen molar-refractivity contribution in [2.75, 3.05) is 18.4 Å². The first-order valence-corrected chi connectivity index (χ1v) is 12.5. The van der Waals surface area contributed by atoms with Gasteiger partial charge in [0.1, 0.15) is 6.61 Å². The van der Waals surface area contributed by atoms with Gasteiger partial charge in [-0.25, -0.2) is 4.79 Å². The van der Waals surface area contributed by atoms with Crippen LogP contribution in [0.1, 0.15) is 24.0 Å². The van der Waals surface area contributed by atoms with Gasteiger partial charge in [-0.3, -0.25) is 9.36 Å². The molecule has 3 rings (SSSR count). The molecule has 1 fully saturated rings. The van der Waals surface area contributed by atoms with Crippen LogP contribution < -0.4 is 5.32 Å². The lowest BCUT2D eigenvalue weighted by Gasteiger charge is -2.30. The van der Waals surface area contributed by atoms with Crippen LogP contribution in [-0.2, 0) is 26.9 Å².